The van der Waals surface area contributed by atoms with Crippen molar-refractivity contribution in [2.75, 3.05) is 11.9 Å². The van der Waals surface area contributed by atoms with Gasteiger partial charge in [-0.3, -0.25) is 15.1 Å². The van der Waals surface area contributed by atoms with E-state index < -0.39 is 4.92 Å². The van der Waals surface area contributed by atoms with Crippen molar-refractivity contribution in [3.8, 4) is 0 Å². The molecule has 0 amide bonds. The molecule has 1 saturated heterocycles. The van der Waals surface area contributed by atoms with Crippen LogP contribution in [0.4, 0.5) is 11.4 Å². The van der Waals surface area contributed by atoms with Crippen molar-refractivity contribution in [2.24, 2.45) is 0 Å². The van der Waals surface area contributed by atoms with Crippen LogP contribution in [-0.4, -0.2) is 28.2 Å². The van der Waals surface area contributed by atoms with Gasteiger partial charge in [-0.1, -0.05) is 0 Å². The normalized spacial score (nSPS) is 22.4. The predicted molar refractivity (Wildman–Crippen MR) is 67.6 cm³/mol. The average molecular weight is 251 g/mol. The maximum absolute atomic E-state index is 10.9. The zero-order valence-corrected chi connectivity index (χ0v) is 10.5. The van der Waals surface area contributed by atoms with Gasteiger partial charge in [-0.25, -0.2) is 0 Å². The van der Waals surface area contributed by atoms with Gasteiger partial charge < -0.3 is 10.1 Å². The zero-order valence-electron chi connectivity index (χ0n) is 10.5. The van der Waals surface area contributed by atoms with E-state index in [4.69, 9.17) is 4.74 Å². The fraction of sp³-hybridized carbons (Fsp3) is 0.583. The van der Waals surface area contributed by atoms with Gasteiger partial charge in [0, 0.05) is 18.8 Å². The van der Waals surface area contributed by atoms with Gasteiger partial charge in [0.2, 0.25) is 0 Å². The van der Waals surface area contributed by atoms with Crippen LogP contribution in [-0.2, 0) is 4.74 Å². The maximum Gasteiger partial charge on any atom is 0.310 e. The SMILES string of the molecule is CC1(C)CC(Nc2ccncc2[N+](=O)[O-])CCO1. The summed E-state index contributed by atoms with van der Waals surface area (Å²) in [7, 11) is 0. The van der Waals surface area contributed by atoms with Crippen molar-refractivity contribution >= 4 is 11.4 Å². The molecular weight excluding hydrogens is 234 g/mol. The molecule has 1 N–H and O–H groups in total. The molecule has 1 aliphatic rings. The summed E-state index contributed by atoms with van der Waals surface area (Å²) < 4.78 is 5.62. The highest BCUT2D eigenvalue weighted by molar-refractivity contribution is 5.60. The average Bonchev–Trinajstić information content (AvgIpc) is 2.28. The van der Waals surface area contributed by atoms with Crippen LogP contribution in [0.5, 0.6) is 0 Å². The number of pyridine rings is 1. The van der Waals surface area contributed by atoms with Crippen LogP contribution in [0.25, 0.3) is 0 Å². The molecule has 1 fully saturated rings. The Morgan fingerprint density at radius 3 is 3.06 bits per heavy atom. The molecule has 2 rings (SSSR count). The number of hydrogen-bond acceptors (Lipinski definition) is 5. The highest BCUT2D eigenvalue weighted by Crippen LogP contribution is 2.29. The topological polar surface area (TPSA) is 77.3 Å². The molecule has 1 aromatic heterocycles. The Bertz CT molecular complexity index is 448. The van der Waals surface area contributed by atoms with Crippen molar-refractivity contribution in [3.63, 3.8) is 0 Å². The molecule has 0 aliphatic carbocycles. The molecule has 0 aromatic carbocycles. The van der Waals surface area contributed by atoms with Crippen molar-refractivity contribution in [1.82, 2.24) is 4.98 Å². The second kappa shape index (κ2) is 4.89. The summed E-state index contributed by atoms with van der Waals surface area (Å²) in [5.74, 6) is 0. The number of aromatic nitrogens is 1. The highest BCUT2D eigenvalue weighted by atomic mass is 16.6. The molecule has 6 heteroatoms. The summed E-state index contributed by atoms with van der Waals surface area (Å²) in [5.41, 5.74) is 0.358. The van der Waals surface area contributed by atoms with Gasteiger partial charge in [-0.05, 0) is 32.8 Å². The summed E-state index contributed by atoms with van der Waals surface area (Å²) in [6, 6.07) is 1.83. The third-order valence-corrected chi connectivity index (χ3v) is 3.05. The number of rotatable bonds is 3. The van der Waals surface area contributed by atoms with E-state index >= 15 is 0 Å². The third kappa shape index (κ3) is 2.95. The second-order valence-corrected chi connectivity index (χ2v) is 5.09. The van der Waals surface area contributed by atoms with E-state index in [-0.39, 0.29) is 17.3 Å². The van der Waals surface area contributed by atoms with Crippen LogP contribution in [0.1, 0.15) is 26.7 Å². The summed E-state index contributed by atoms with van der Waals surface area (Å²) in [6.07, 6.45) is 4.50. The number of nitrogens with zero attached hydrogens (tertiary/aromatic N) is 2. The van der Waals surface area contributed by atoms with Gasteiger partial charge in [-0.2, -0.15) is 0 Å². The lowest BCUT2D eigenvalue weighted by molar-refractivity contribution is -0.384. The van der Waals surface area contributed by atoms with E-state index in [1.807, 2.05) is 13.8 Å². The Kier molecular flexibility index (Phi) is 3.47. The number of hydrogen-bond donors (Lipinski definition) is 1. The molecule has 2 heterocycles. The van der Waals surface area contributed by atoms with E-state index in [1.54, 1.807) is 12.3 Å². The quantitative estimate of drug-likeness (QED) is 0.659. The van der Waals surface area contributed by atoms with E-state index in [2.05, 4.69) is 10.3 Å². The van der Waals surface area contributed by atoms with Gasteiger partial charge in [0.1, 0.15) is 11.9 Å². The Morgan fingerprint density at radius 2 is 2.39 bits per heavy atom. The van der Waals surface area contributed by atoms with E-state index in [9.17, 15) is 10.1 Å². The minimum atomic E-state index is -0.417. The molecule has 6 nitrogen and oxygen atoms in total. The Balaban J connectivity index is 2.12. The fourth-order valence-electron chi connectivity index (χ4n) is 2.23. The summed E-state index contributed by atoms with van der Waals surface area (Å²) in [4.78, 5) is 14.3. The van der Waals surface area contributed by atoms with E-state index in [1.165, 1.54) is 6.20 Å². The van der Waals surface area contributed by atoms with Crippen LogP contribution in [0.15, 0.2) is 18.5 Å². The monoisotopic (exact) mass is 251 g/mol. The van der Waals surface area contributed by atoms with Crippen LogP contribution in [0, 0.1) is 10.1 Å². The van der Waals surface area contributed by atoms with Crippen molar-refractivity contribution in [1.29, 1.82) is 0 Å². The van der Waals surface area contributed by atoms with Gasteiger partial charge >= 0.3 is 5.69 Å². The first-order valence-corrected chi connectivity index (χ1v) is 5.97. The molecule has 0 spiro atoms. The van der Waals surface area contributed by atoms with Crippen LogP contribution in [0.2, 0.25) is 0 Å². The zero-order chi connectivity index (χ0) is 13.2. The highest BCUT2D eigenvalue weighted by Gasteiger charge is 2.29. The first-order valence-electron chi connectivity index (χ1n) is 5.97. The smallest absolute Gasteiger partial charge is 0.310 e. The number of nitro groups is 1. The summed E-state index contributed by atoms with van der Waals surface area (Å²) >= 11 is 0. The number of anilines is 1. The van der Waals surface area contributed by atoms with Crippen LogP contribution in [0.3, 0.4) is 0 Å². The molecule has 0 radical (unpaired) electrons. The first kappa shape index (κ1) is 12.8. The molecule has 1 atom stereocenters. The molecule has 98 valence electrons. The molecule has 1 unspecified atom stereocenters. The third-order valence-electron chi connectivity index (χ3n) is 3.05. The van der Waals surface area contributed by atoms with Gasteiger partial charge in [0.15, 0.2) is 0 Å². The second-order valence-electron chi connectivity index (χ2n) is 5.09. The lowest BCUT2D eigenvalue weighted by Crippen LogP contribution is -2.40. The van der Waals surface area contributed by atoms with Gasteiger partial charge in [0.05, 0.1) is 10.5 Å². The Labute approximate surface area is 106 Å². The lowest BCUT2D eigenvalue weighted by Gasteiger charge is -2.36. The lowest BCUT2D eigenvalue weighted by atomic mass is 9.94. The fourth-order valence-corrected chi connectivity index (χ4v) is 2.23. The Hall–Kier alpha value is -1.69. The molecule has 1 aliphatic heterocycles. The van der Waals surface area contributed by atoms with Crippen molar-refractivity contribution in [2.45, 2.75) is 38.3 Å². The van der Waals surface area contributed by atoms with E-state index in [0.717, 1.165) is 12.8 Å². The maximum atomic E-state index is 10.9. The number of nitrogens with one attached hydrogen (secondary N) is 1. The first-order chi connectivity index (χ1) is 8.48. The van der Waals surface area contributed by atoms with Crippen molar-refractivity contribution in [3.05, 3.63) is 28.6 Å². The Morgan fingerprint density at radius 1 is 1.61 bits per heavy atom. The molecule has 18 heavy (non-hydrogen) atoms. The van der Waals surface area contributed by atoms with Crippen LogP contribution < -0.4 is 5.32 Å². The van der Waals surface area contributed by atoms with Gasteiger partial charge in [-0.15, -0.1) is 0 Å². The minimum absolute atomic E-state index is 0.0156. The summed E-state index contributed by atoms with van der Waals surface area (Å²) in [6.45, 7) is 4.73. The van der Waals surface area contributed by atoms with Gasteiger partial charge in [0.25, 0.3) is 0 Å². The largest absolute Gasteiger partial charge is 0.376 e. The minimum Gasteiger partial charge on any atom is -0.376 e. The molecule has 1 aromatic rings. The standard InChI is InChI=1S/C12H17N3O3/c1-12(2)7-9(4-6-18-12)14-10-3-5-13-8-11(10)15(16)17/h3,5,8-9H,4,6-7H2,1-2H3,(H,13,14). The molecule has 0 bridgehead atoms. The predicted octanol–water partition coefficient (Wildman–Crippen LogP) is 2.36. The summed E-state index contributed by atoms with van der Waals surface area (Å²) in [5, 5.41) is 14.1. The van der Waals surface area contributed by atoms with E-state index in [0.29, 0.717) is 12.3 Å². The van der Waals surface area contributed by atoms with Crippen molar-refractivity contribution < 1.29 is 9.66 Å². The number of ether oxygens (including phenoxy) is 1. The molecule has 0 saturated carbocycles. The molecular formula is C12H17N3O3. The van der Waals surface area contributed by atoms with Crippen LogP contribution >= 0.6 is 0 Å².